The van der Waals surface area contributed by atoms with Crippen molar-refractivity contribution >= 4 is 16.1 Å². The summed E-state index contributed by atoms with van der Waals surface area (Å²) >= 11 is 0. The first-order valence-corrected chi connectivity index (χ1v) is 5.53. The summed E-state index contributed by atoms with van der Waals surface area (Å²) in [5.41, 5.74) is 10.0. The fraction of sp³-hybridized carbons (Fsp3) is 0.833. The Hall–Kier alpha value is -0.700. The van der Waals surface area contributed by atoms with Crippen LogP contribution in [0, 0.1) is 0 Å². The van der Waals surface area contributed by atoms with Crippen LogP contribution in [0.25, 0.3) is 0 Å². The maximum absolute atomic E-state index is 11.3. The Bertz CT molecular complexity index is 277. The molecule has 0 fully saturated rings. The lowest BCUT2D eigenvalue weighted by molar-refractivity contribution is -0.116. The molecule has 0 aromatic carbocycles. The fourth-order valence-corrected chi connectivity index (χ4v) is 1.62. The van der Waals surface area contributed by atoms with Crippen molar-refractivity contribution in [1.29, 1.82) is 0 Å². The van der Waals surface area contributed by atoms with Crippen molar-refractivity contribution in [3.05, 3.63) is 0 Å². The number of primary amides is 1. The van der Waals surface area contributed by atoms with Crippen molar-refractivity contribution in [3.8, 4) is 0 Å². The van der Waals surface area contributed by atoms with E-state index in [0.717, 1.165) is 4.31 Å². The summed E-state index contributed by atoms with van der Waals surface area (Å²) in [6.45, 7) is 0.329. The van der Waals surface area contributed by atoms with Gasteiger partial charge in [0.1, 0.15) is 0 Å². The lowest BCUT2D eigenvalue weighted by atomic mass is 10.4. The van der Waals surface area contributed by atoms with E-state index >= 15 is 0 Å². The molecule has 0 bridgehead atoms. The number of hydrogen-bond acceptors (Lipinski definition) is 4. The first-order valence-electron chi connectivity index (χ1n) is 4.09. The van der Waals surface area contributed by atoms with E-state index in [2.05, 4.69) is 0 Å². The number of rotatable bonds is 7. The number of nitrogens with zero attached hydrogens (tertiary/aromatic N) is 1. The van der Waals surface area contributed by atoms with Crippen LogP contribution >= 0.6 is 0 Å². The summed E-state index contributed by atoms with van der Waals surface area (Å²) in [6.07, 6.45) is 0.563. The molecule has 0 aliphatic carbocycles. The van der Waals surface area contributed by atoms with Crippen molar-refractivity contribution in [2.24, 2.45) is 11.5 Å². The van der Waals surface area contributed by atoms with Crippen LogP contribution < -0.4 is 16.2 Å². The number of carbonyl (C=O) groups excluding carboxylic acids is 1. The molecule has 0 rings (SSSR count). The van der Waals surface area contributed by atoms with Crippen molar-refractivity contribution in [1.82, 2.24) is 9.03 Å². The Balaban J connectivity index is 4.10. The van der Waals surface area contributed by atoms with Gasteiger partial charge in [-0.3, -0.25) is 4.79 Å². The van der Waals surface area contributed by atoms with Crippen LogP contribution in [0.4, 0.5) is 0 Å². The molecule has 1 amide bonds. The summed E-state index contributed by atoms with van der Waals surface area (Å²) in [6, 6.07) is 0. The van der Waals surface area contributed by atoms with E-state index in [1.807, 2.05) is 4.72 Å². The molecule has 0 atom stereocenters. The van der Waals surface area contributed by atoms with Gasteiger partial charge in [0.25, 0.3) is 10.2 Å². The predicted molar refractivity (Wildman–Crippen MR) is 52.4 cm³/mol. The van der Waals surface area contributed by atoms with Crippen LogP contribution in [-0.4, -0.2) is 45.3 Å². The minimum atomic E-state index is -3.60. The van der Waals surface area contributed by atoms with Gasteiger partial charge < -0.3 is 11.5 Å². The average Bonchev–Trinajstić information content (AvgIpc) is 2.11. The standard InChI is InChI=1S/C6H16N4O3S/c1-10(4-2-3-7)14(12,13)9-5-6(8)11/h9H,2-5,7H2,1H3,(H2,8,11). The normalized spacial score (nSPS) is 11.9. The molecular formula is C6H16N4O3S. The van der Waals surface area contributed by atoms with Crippen LogP contribution in [0.2, 0.25) is 0 Å². The van der Waals surface area contributed by atoms with E-state index in [0.29, 0.717) is 19.5 Å². The fourth-order valence-electron chi connectivity index (χ4n) is 0.707. The minimum absolute atomic E-state index is 0.310. The molecular weight excluding hydrogens is 208 g/mol. The number of amides is 1. The molecule has 0 aliphatic rings. The first-order chi connectivity index (χ1) is 6.40. The number of carbonyl (C=O) groups is 1. The van der Waals surface area contributed by atoms with Gasteiger partial charge in [0.2, 0.25) is 5.91 Å². The zero-order valence-corrected chi connectivity index (χ0v) is 8.88. The number of nitrogens with two attached hydrogens (primary N) is 2. The predicted octanol–water partition coefficient (Wildman–Crippen LogP) is -2.41. The quantitative estimate of drug-likeness (QED) is 0.446. The molecule has 0 heterocycles. The highest BCUT2D eigenvalue weighted by Gasteiger charge is 2.16. The second-order valence-corrected chi connectivity index (χ2v) is 4.62. The van der Waals surface area contributed by atoms with Crippen LogP contribution in [0.3, 0.4) is 0 Å². The second-order valence-electron chi connectivity index (χ2n) is 2.76. The molecule has 8 heteroatoms. The summed E-state index contributed by atoms with van der Waals surface area (Å²) in [5, 5.41) is 0. The van der Waals surface area contributed by atoms with Crippen LogP contribution in [0.15, 0.2) is 0 Å². The molecule has 0 aromatic heterocycles. The molecule has 14 heavy (non-hydrogen) atoms. The van der Waals surface area contributed by atoms with E-state index in [4.69, 9.17) is 11.5 Å². The molecule has 7 nitrogen and oxygen atoms in total. The van der Waals surface area contributed by atoms with Crippen molar-refractivity contribution in [3.63, 3.8) is 0 Å². The highest BCUT2D eigenvalue weighted by atomic mass is 32.2. The third-order valence-corrected chi connectivity index (χ3v) is 3.03. The molecule has 0 aliphatic heterocycles. The van der Waals surface area contributed by atoms with Gasteiger partial charge in [0.15, 0.2) is 0 Å². The molecule has 84 valence electrons. The maximum Gasteiger partial charge on any atom is 0.279 e. The van der Waals surface area contributed by atoms with Gasteiger partial charge in [-0.2, -0.15) is 17.4 Å². The number of hydrogen-bond donors (Lipinski definition) is 3. The molecule has 0 radical (unpaired) electrons. The zero-order valence-electron chi connectivity index (χ0n) is 8.06. The summed E-state index contributed by atoms with van der Waals surface area (Å²) in [5.74, 6) is -0.721. The third-order valence-electron chi connectivity index (χ3n) is 1.52. The van der Waals surface area contributed by atoms with E-state index in [1.165, 1.54) is 7.05 Å². The van der Waals surface area contributed by atoms with Crippen molar-refractivity contribution in [2.75, 3.05) is 26.7 Å². The molecule has 0 unspecified atom stereocenters. The molecule has 0 spiro atoms. The zero-order chi connectivity index (χ0) is 11.2. The molecule has 5 N–H and O–H groups in total. The summed E-state index contributed by atoms with van der Waals surface area (Å²) < 4.78 is 25.8. The van der Waals surface area contributed by atoms with Gasteiger partial charge >= 0.3 is 0 Å². The SMILES string of the molecule is CN(CCCN)S(=O)(=O)NCC(N)=O. The van der Waals surface area contributed by atoms with E-state index in [1.54, 1.807) is 0 Å². The lowest BCUT2D eigenvalue weighted by Gasteiger charge is -2.16. The Morgan fingerprint density at radius 1 is 1.50 bits per heavy atom. The third kappa shape index (κ3) is 5.12. The van der Waals surface area contributed by atoms with Crippen molar-refractivity contribution in [2.45, 2.75) is 6.42 Å². The minimum Gasteiger partial charge on any atom is -0.369 e. The monoisotopic (exact) mass is 224 g/mol. The highest BCUT2D eigenvalue weighted by Crippen LogP contribution is 1.93. The summed E-state index contributed by atoms with van der Waals surface area (Å²) in [4.78, 5) is 10.3. The van der Waals surface area contributed by atoms with E-state index in [-0.39, 0.29) is 0 Å². The average molecular weight is 224 g/mol. The Morgan fingerprint density at radius 2 is 2.07 bits per heavy atom. The van der Waals surface area contributed by atoms with Crippen molar-refractivity contribution < 1.29 is 13.2 Å². The molecule has 0 saturated heterocycles. The second kappa shape index (κ2) is 5.91. The molecule has 0 saturated carbocycles. The Labute approximate surface area is 83.6 Å². The summed E-state index contributed by atoms with van der Waals surface area (Å²) in [7, 11) is -2.20. The van der Waals surface area contributed by atoms with Gasteiger partial charge in [-0.25, -0.2) is 0 Å². The van der Waals surface area contributed by atoms with Crippen LogP contribution in [0.1, 0.15) is 6.42 Å². The Morgan fingerprint density at radius 3 is 2.50 bits per heavy atom. The van der Waals surface area contributed by atoms with E-state index in [9.17, 15) is 13.2 Å². The Kier molecular flexibility index (Phi) is 5.62. The van der Waals surface area contributed by atoms with Gasteiger partial charge in [-0.1, -0.05) is 0 Å². The van der Waals surface area contributed by atoms with Gasteiger partial charge in [-0.05, 0) is 13.0 Å². The first kappa shape index (κ1) is 13.3. The smallest absolute Gasteiger partial charge is 0.279 e. The highest BCUT2D eigenvalue weighted by molar-refractivity contribution is 7.87. The van der Waals surface area contributed by atoms with Gasteiger partial charge in [0.05, 0.1) is 6.54 Å². The topological polar surface area (TPSA) is 119 Å². The maximum atomic E-state index is 11.3. The van der Waals surface area contributed by atoms with Crippen LogP contribution in [0.5, 0.6) is 0 Å². The van der Waals surface area contributed by atoms with E-state index < -0.39 is 22.7 Å². The van der Waals surface area contributed by atoms with Crippen LogP contribution in [-0.2, 0) is 15.0 Å². The van der Waals surface area contributed by atoms with Gasteiger partial charge in [-0.15, -0.1) is 0 Å². The number of nitrogens with one attached hydrogen (secondary N) is 1. The van der Waals surface area contributed by atoms with Gasteiger partial charge in [0, 0.05) is 13.6 Å². The largest absolute Gasteiger partial charge is 0.369 e. The molecule has 0 aromatic rings. The lowest BCUT2D eigenvalue weighted by Crippen LogP contribution is -2.42.